The highest BCUT2D eigenvalue weighted by molar-refractivity contribution is 7.10. The van der Waals surface area contributed by atoms with Crippen LogP contribution in [0.4, 0.5) is 4.79 Å². The summed E-state index contributed by atoms with van der Waals surface area (Å²) in [7, 11) is 0. The number of nitrogens with zero attached hydrogens (tertiary/aromatic N) is 1. The van der Waals surface area contributed by atoms with Gasteiger partial charge in [0.25, 0.3) is 0 Å². The summed E-state index contributed by atoms with van der Waals surface area (Å²) in [5.41, 5.74) is 1.27. The van der Waals surface area contributed by atoms with Crippen molar-refractivity contribution in [3.05, 3.63) is 21.9 Å². The van der Waals surface area contributed by atoms with E-state index in [1.165, 1.54) is 29.7 Å². The maximum atomic E-state index is 12.3. The zero-order valence-electron chi connectivity index (χ0n) is 12.2. The van der Waals surface area contributed by atoms with Gasteiger partial charge in [0.2, 0.25) is 0 Å². The Morgan fingerprint density at radius 3 is 3.00 bits per heavy atom. The number of carbonyl (C=O) groups is 1. The van der Waals surface area contributed by atoms with Crippen molar-refractivity contribution in [2.75, 3.05) is 26.2 Å². The van der Waals surface area contributed by atoms with E-state index in [0.29, 0.717) is 6.54 Å². The van der Waals surface area contributed by atoms with Gasteiger partial charge in [-0.25, -0.2) is 4.79 Å². The van der Waals surface area contributed by atoms with Crippen LogP contribution in [-0.2, 0) is 11.2 Å². The van der Waals surface area contributed by atoms with Gasteiger partial charge in [-0.3, -0.25) is 0 Å². The molecule has 3 atom stereocenters. The van der Waals surface area contributed by atoms with Crippen molar-refractivity contribution in [3.8, 4) is 0 Å². The largest absolute Gasteiger partial charge is 0.371 e. The molecular formula is C16H22N2O2S. The van der Waals surface area contributed by atoms with Crippen LogP contribution in [0.2, 0.25) is 0 Å². The third-order valence-electron chi connectivity index (χ3n) is 5.23. The molecule has 1 N–H and O–H groups in total. The van der Waals surface area contributed by atoms with Gasteiger partial charge in [0.05, 0.1) is 6.61 Å². The molecule has 1 saturated heterocycles. The Kier molecular flexibility index (Phi) is 3.63. The summed E-state index contributed by atoms with van der Waals surface area (Å²) in [5, 5.41) is 5.20. The van der Waals surface area contributed by atoms with Crippen molar-refractivity contribution < 1.29 is 9.53 Å². The normalized spacial score (nSPS) is 31.0. The summed E-state index contributed by atoms with van der Waals surface area (Å²) < 4.78 is 5.82. The summed E-state index contributed by atoms with van der Waals surface area (Å²) in [6, 6.07) is 2.23. The first-order chi connectivity index (χ1) is 10.3. The second-order valence-electron chi connectivity index (χ2n) is 6.45. The molecule has 1 aromatic rings. The van der Waals surface area contributed by atoms with E-state index in [9.17, 15) is 4.79 Å². The van der Waals surface area contributed by atoms with Gasteiger partial charge in [-0.1, -0.05) is 6.42 Å². The van der Waals surface area contributed by atoms with Crippen LogP contribution in [0.15, 0.2) is 11.4 Å². The highest BCUT2D eigenvalue weighted by Gasteiger charge is 2.38. The van der Waals surface area contributed by atoms with E-state index in [-0.39, 0.29) is 12.1 Å². The summed E-state index contributed by atoms with van der Waals surface area (Å²) in [4.78, 5) is 15.8. The lowest BCUT2D eigenvalue weighted by Crippen LogP contribution is -2.41. The molecule has 114 valence electrons. The van der Waals surface area contributed by atoms with Gasteiger partial charge >= 0.3 is 6.03 Å². The number of urea groups is 1. The second-order valence-corrected chi connectivity index (χ2v) is 7.45. The highest BCUT2D eigenvalue weighted by atomic mass is 32.1. The number of thiophene rings is 1. The monoisotopic (exact) mass is 306 g/mol. The molecule has 3 heterocycles. The number of nitrogens with one attached hydrogen (secondary N) is 1. The van der Waals surface area contributed by atoms with Gasteiger partial charge in [-0.15, -0.1) is 11.3 Å². The number of likely N-dealkylation sites (tertiary alicyclic amines) is 1. The van der Waals surface area contributed by atoms with Crippen LogP contribution >= 0.6 is 11.3 Å². The summed E-state index contributed by atoms with van der Waals surface area (Å²) in [6.07, 6.45) is 5.00. The molecule has 2 amide bonds. The van der Waals surface area contributed by atoms with Gasteiger partial charge in [-0.2, -0.15) is 0 Å². The quantitative estimate of drug-likeness (QED) is 0.913. The summed E-state index contributed by atoms with van der Waals surface area (Å²) in [6.45, 7) is 3.26. The Morgan fingerprint density at radius 1 is 1.38 bits per heavy atom. The van der Waals surface area contributed by atoms with Gasteiger partial charge in [0.15, 0.2) is 0 Å². The van der Waals surface area contributed by atoms with Crippen molar-refractivity contribution in [1.29, 1.82) is 0 Å². The van der Waals surface area contributed by atoms with Gasteiger partial charge in [0, 0.05) is 30.9 Å². The van der Waals surface area contributed by atoms with Crippen LogP contribution < -0.4 is 5.32 Å². The van der Waals surface area contributed by atoms with Crippen LogP contribution in [0.1, 0.15) is 35.8 Å². The first-order valence-electron chi connectivity index (χ1n) is 8.02. The minimum absolute atomic E-state index is 0.0334. The van der Waals surface area contributed by atoms with Crippen molar-refractivity contribution in [2.24, 2.45) is 11.8 Å². The number of fused-ring (bicyclic) bond motifs is 2. The van der Waals surface area contributed by atoms with E-state index in [4.69, 9.17) is 4.74 Å². The fraction of sp³-hybridized carbons (Fsp3) is 0.688. The highest BCUT2D eigenvalue weighted by Crippen LogP contribution is 2.37. The number of rotatable bonds is 2. The van der Waals surface area contributed by atoms with Crippen molar-refractivity contribution in [1.82, 2.24) is 10.2 Å². The van der Waals surface area contributed by atoms with Crippen LogP contribution in [-0.4, -0.2) is 37.2 Å². The van der Waals surface area contributed by atoms with Gasteiger partial charge < -0.3 is 15.0 Å². The lowest BCUT2D eigenvalue weighted by molar-refractivity contribution is 0.0445. The Hall–Kier alpha value is -1.07. The molecule has 3 unspecified atom stereocenters. The lowest BCUT2D eigenvalue weighted by atomic mass is 10.0. The molecule has 4 nitrogen and oxygen atoms in total. The number of ether oxygens (including phenoxy) is 1. The van der Waals surface area contributed by atoms with Gasteiger partial charge in [0.1, 0.15) is 6.10 Å². The number of hydrogen-bond acceptors (Lipinski definition) is 3. The average molecular weight is 306 g/mol. The molecule has 2 aliphatic heterocycles. The van der Waals surface area contributed by atoms with E-state index in [1.54, 1.807) is 11.3 Å². The minimum atomic E-state index is 0.0334. The SMILES string of the molecule is O=C(NCC1OCCc2sccc21)N1CC2CCCC2C1. The Morgan fingerprint density at radius 2 is 2.19 bits per heavy atom. The number of carbonyl (C=O) groups excluding carboxylic acids is 1. The van der Waals surface area contributed by atoms with Crippen LogP contribution in [0.25, 0.3) is 0 Å². The molecule has 1 aliphatic carbocycles. The predicted molar refractivity (Wildman–Crippen MR) is 82.5 cm³/mol. The van der Waals surface area contributed by atoms with E-state index in [1.807, 2.05) is 4.90 Å². The van der Waals surface area contributed by atoms with Crippen molar-refractivity contribution in [3.63, 3.8) is 0 Å². The number of amides is 2. The molecule has 0 spiro atoms. The van der Waals surface area contributed by atoms with Crippen LogP contribution in [0.3, 0.4) is 0 Å². The Bertz CT molecular complexity index is 518. The molecule has 0 radical (unpaired) electrons. The van der Waals surface area contributed by atoms with E-state index in [0.717, 1.165) is 38.0 Å². The molecule has 5 heteroatoms. The molecule has 4 rings (SSSR count). The molecule has 0 aromatic carbocycles. The van der Waals surface area contributed by atoms with E-state index in [2.05, 4.69) is 16.8 Å². The van der Waals surface area contributed by atoms with Crippen molar-refractivity contribution in [2.45, 2.75) is 31.8 Å². The van der Waals surface area contributed by atoms with Gasteiger partial charge in [-0.05, 0) is 41.7 Å². The Balaban J connectivity index is 1.33. The smallest absolute Gasteiger partial charge is 0.317 e. The second kappa shape index (κ2) is 5.61. The predicted octanol–water partition coefficient (Wildman–Crippen LogP) is 2.80. The standard InChI is InChI=1S/C16H22N2O2S/c19-16(18-9-11-2-1-3-12(11)10-18)17-8-14-13-5-7-21-15(13)4-6-20-14/h5,7,11-12,14H,1-4,6,8-10H2,(H,17,19). The topological polar surface area (TPSA) is 41.6 Å². The molecule has 21 heavy (non-hydrogen) atoms. The zero-order chi connectivity index (χ0) is 14.2. The molecule has 1 saturated carbocycles. The first-order valence-corrected chi connectivity index (χ1v) is 8.90. The number of hydrogen-bond donors (Lipinski definition) is 1. The molecule has 1 aromatic heterocycles. The molecular weight excluding hydrogens is 284 g/mol. The van der Waals surface area contributed by atoms with Crippen molar-refractivity contribution >= 4 is 17.4 Å². The fourth-order valence-electron chi connectivity index (χ4n) is 4.09. The fourth-order valence-corrected chi connectivity index (χ4v) is 5.00. The maximum Gasteiger partial charge on any atom is 0.317 e. The lowest BCUT2D eigenvalue weighted by Gasteiger charge is -2.25. The molecule has 3 aliphatic rings. The minimum Gasteiger partial charge on any atom is -0.371 e. The summed E-state index contributed by atoms with van der Waals surface area (Å²) in [5.74, 6) is 1.51. The maximum absolute atomic E-state index is 12.3. The molecule has 2 fully saturated rings. The van der Waals surface area contributed by atoms with E-state index < -0.39 is 0 Å². The third kappa shape index (κ3) is 2.57. The zero-order valence-corrected chi connectivity index (χ0v) is 13.0. The van der Waals surface area contributed by atoms with Crippen LogP contribution in [0.5, 0.6) is 0 Å². The van der Waals surface area contributed by atoms with E-state index >= 15 is 0 Å². The molecule has 0 bridgehead atoms. The average Bonchev–Trinajstić information content (AvgIpc) is 3.18. The third-order valence-corrected chi connectivity index (χ3v) is 6.22. The Labute approximate surface area is 129 Å². The van der Waals surface area contributed by atoms with Crippen LogP contribution in [0, 0.1) is 11.8 Å². The first kappa shape index (κ1) is 13.6. The summed E-state index contributed by atoms with van der Waals surface area (Å²) >= 11 is 1.80.